The molecular weight excluding hydrogens is 622 g/mol. The average molecular weight is 661 g/mol. The maximum absolute atomic E-state index is 14.5. The fraction of sp³-hybridized carbons (Fsp3) is 0.581. The molecule has 6 rings (SSSR count). The van der Waals surface area contributed by atoms with E-state index in [1.54, 1.807) is 11.7 Å². The fourth-order valence-corrected chi connectivity index (χ4v) is 8.10. The van der Waals surface area contributed by atoms with E-state index in [1.807, 2.05) is 36.1 Å². The minimum absolute atomic E-state index is 0.0282. The predicted molar refractivity (Wildman–Crippen MR) is 166 cm³/mol. The van der Waals surface area contributed by atoms with Gasteiger partial charge in [-0.1, -0.05) is 18.2 Å². The number of amides is 1. The number of hydrogen-bond donors (Lipinski definition) is 0. The van der Waals surface area contributed by atoms with Crippen molar-refractivity contribution in [2.24, 2.45) is 0 Å². The molecular formula is C31H38BrN3O6S. The molecule has 0 radical (unpaired) electrons. The number of piperidine rings is 1. The van der Waals surface area contributed by atoms with Gasteiger partial charge in [-0.2, -0.15) is 0 Å². The van der Waals surface area contributed by atoms with Crippen LogP contribution in [0.5, 0.6) is 5.75 Å². The first-order chi connectivity index (χ1) is 20.3. The van der Waals surface area contributed by atoms with Crippen molar-refractivity contribution < 1.29 is 19.0 Å². The summed E-state index contributed by atoms with van der Waals surface area (Å²) in [5.41, 5.74) is 0.161. The first-order valence-electron chi connectivity index (χ1n) is 14.9. The summed E-state index contributed by atoms with van der Waals surface area (Å²) in [6.07, 6.45) is 5.56. The molecule has 1 aliphatic carbocycles. The molecule has 1 saturated carbocycles. The third kappa shape index (κ3) is 5.60. The summed E-state index contributed by atoms with van der Waals surface area (Å²) in [6, 6.07) is 7.71. The van der Waals surface area contributed by atoms with Crippen molar-refractivity contribution in [3.05, 3.63) is 60.0 Å². The van der Waals surface area contributed by atoms with Crippen molar-refractivity contribution in [1.29, 1.82) is 0 Å². The summed E-state index contributed by atoms with van der Waals surface area (Å²) in [7, 11) is 1.63. The summed E-state index contributed by atoms with van der Waals surface area (Å²) >= 11 is 5.01. The lowest BCUT2D eigenvalue weighted by Crippen LogP contribution is -2.48. The Bertz CT molecular complexity index is 1580. The second-order valence-corrected chi connectivity index (χ2v) is 14.1. The summed E-state index contributed by atoms with van der Waals surface area (Å²) in [6.45, 7) is 4.85. The number of nitrogens with zero attached hydrogens (tertiary/aromatic N) is 3. The largest absolute Gasteiger partial charge is 0.496 e. The van der Waals surface area contributed by atoms with Crippen molar-refractivity contribution in [3.63, 3.8) is 0 Å². The van der Waals surface area contributed by atoms with E-state index in [0.717, 1.165) is 60.1 Å². The molecule has 4 heterocycles. The number of likely N-dealkylation sites (tertiary alicyclic amines) is 1. The maximum atomic E-state index is 14.5. The third-order valence-electron chi connectivity index (χ3n) is 9.00. The Hall–Kier alpha value is -2.47. The van der Waals surface area contributed by atoms with E-state index in [1.165, 1.54) is 15.9 Å². The lowest BCUT2D eigenvalue weighted by Gasteiger charge is -2.30. The van der Waals surface area contributed by atoms with Gasteiger partial charge in [0.2, 0.25) is 5.91 Å². The Morgan fingerprint density at radius 2 is 1.86 bits per heavy atom. The highest BCUT2D eigenvalue weighted by molar-refractivity contribution is 9.11. The van der Waals surface area contributed by atoms with E-state index >= 15 is 0 Å². The molecule has 2 aromatic heterocycles. The second-order valence-electron chi connectivity index (χ2n) is 11.7. The van der Waals surface area contributed by atoms with Gasteiger partial charge in [-0.25, -0.2) is 4.79 Å². The van der Waals surface area contributed by atoms with Gasteiger partial charge in [0.15, 0.2) is 0 Å². The number of aryl methyl sites for hydroxylation is 1. The Morgan fingerprint density at radius 3 is 2.55 bits per heavy atom. The van der Waals surface area contributed by atoms with Crippen molar-refractivity contribution in [2.45, 2.75) is 82.6 Å². The van der Waals surface area contributed by atoms with E-state index < -0.39 is 11.6 Å². The number of carbonyl (C=O) groups excluding carboxylic acids is 1. The van der Waals surface area contributed by atoms with Crippen LogP contribution >= 0.6 is 27.3 Å². The molecule has 1 aromatic carbocycles. The van der Waals surface area contributed by atoms with Gasteiger partial charge in [-0.3, -0.25) is 18.7 Å². The Morgan fingerprint density at radius 1 is 1.14 bits per heavy atom. The molecule has 0 spiro atoms. The zero-order chi connectivity index (χ0) is 29.4. The summed E-state index contributed by atoms with van der Waals surface area (Å²) in [5.74, 6) is 0.713. The zero-order valence-electron chi connectivity index (χ0n) is 24.2. The lowest BCUT2D eigenvalue weighted by molar-refractivity contribution is -0.133. The van der Waals surface area contributed by atoms with Crippen LogP contribution < -0.4 is 16.0 Å². The second kappa shape index (κ2) is 12.3. The molecule has 3 aliphatic rings. The monoisotopic (exact) mass is 659 g/mol. The standard InChI is InChI=1S/C31H38BrN3O6S/c1-20-26-28(37)35(31(12-13-31)18-25(36)33-14-6-3-7-15-33)30(38)34(29(26)42-27(20)32)19-24(41-21-10-16-40-17-11-21)22-8-4-5-9-23(22)39-2/h4-5,8-9,21,24H,3,6-7,10-19H2,1-2H3. The van der Waals surface area contributed by atoms with Gasteiger partial charge in [0.25, 0.3) is 5.56 Å². The number of hydrogen-bond acceptors (Lipinski definition) is 7. The van der Waals surface area contributed by atoms with Gasteiger partial charge in [0, 0.05) is 31.9 Å². The van der Waals surface area contributed by atoms with Crippen LogP contribution in [0.3, 0.4) is 0 Å². The molecule has 0 N–H and O–H groups in total. The van der Waals surface area contributed by atoms with Gasteiger partial charge in [-0.15, -0.1) is 11.3 Å². The van der Waals surface area contributed by atoms with Crippen molar-refractivity contribution in [2.75, 3.05) is 33.4 Å². The van der Waals surface area contributed by atoms with Gasteiger partial charge < -0.3 is 19.1 Å². The summed E-state index contributed by atoms with van der Waals surface area (Å²) in [5, 5.41) is 0.521. The Balaban J connectivity index is 1.45. The molecule has 1 atom stereocenters. The van der Waals surface area contributed by atoms with Crippen molar-refractivity contribution >= 4 is 43.4 Å². The SMILES string of the molecule is COc1ccccc1C(Cn1c(=O)n(C2(CC(=O)N3CCCCC3)CC2)c(=O)c2c(C)c(Br)sc21)OC1CCOCC1. The molecule has 2 saturated heterocycles. The predicted octanol–water partition coefficient (Wildman–Crippen LogP) is 5.13. The van der Waals surface area contributed by atoms with E-state index in [4.69, 9.17) is 14.2 Å². The van der Waals surface area contributed by atoms with Crippen molar-refractivity contribution in [1.82, 2.24) is 14.0 Å². The number of ether oxygens (including phenoxy) is 3. The Labute approximate surface area is 257 Å². The molecule has 42 heavy (non-hydrogen) atoms. The summed E-state index contributed by atoms with van der Waals surface area (Å²) in [4.78, 5) is 44.5. The van der Waals surface area contributed by atoms with E-state index in [2.05, 4.69) is 15.9 Å². The number of methoxy groups -OCH3 is 1. The van der Waals surface area contributed by atoms with Crippen LogP contribution in [0.4, 0.5) is 0 Å². The van der Waals surface area contributed by atoms with Crippen LogP contribution in [0.2, 0.25) is 0 Å². The number of aromatic nitrogens is 2. The number of carbonyl (C=O) groups is 1. The molecule has 0 bridgehead atoms. The van der Waals surface area contributed by atoms with Crippen LogP contribution in [0.1, 0.15) is 68.6 Å². The quantitative estimate of drug-likeness (QED) is 0.316. The number of thiophene rings is 1. The topological polar surface area (TPSA) is 92.0 Å². The minimum Gasteiger partial charge on any atom is -0.496 e. The fourth-order valence-electron chi connectivity index (χ4n) is 6.42. The maximum Gasteiger partial charge on any atom is 0.332 e. The van der Waals surface area contributed by atoms with E-state index in [0.29, 0.717) is 42.0 Å². The summed E-state index contributed by atoms with van der Waals surface area (Å²) < 4.78 is 21.9. The van der Waals surface area contributed by atoms with E-state index in [-0.39, 0.29) is 36.2 Å². The lowest BCUT2D eigenvalue weighted by atomic mass is 10.1. The highest BCUT2D eigenvalue weighted by Gasteiger charge is 2.50. The average Bonchev–Trinajstić information content (AvgIpc) is 3.71. The van der Waals surface area contributed by atoms with Crippen molar-refractivity contribution in [3.8, 4) is 5.75 Å². The Kier molecular flexibility index (Phi) is 8.64. The molecule has 3 aromatic rings. The first-order valence-corrected chi connectivity index (χ1v) is 16.5. The number of rotatable bonds is 9. The van der Waals surface area contributed by atoms with Crippen LogP contribution in [0.25, 0.3) is 10.2 Å². The molecule has 226 valence electrons. The number of benzene rings is 1. The van der Waals surface area contributed by atoms with Crippen LogP contribution in [-0.2, 0) is 26.4 Å². The normalized spacial score (nSPS) is 19.6. The highest BCUT2D eigenvalue weighted by atomic mass is 79.9. The molecule has 9 nitrogen and oxygen atoms in total. The van der Waals surface area contributed by atoms with Gasteiger partial charge in [0.05, 0.1) is 40.9 Å². The smallest absolute Gasteiger partial charge is 0.332 e. The number of halogens is 1. The third-order valence-corrected chi connectivity index (χ3v) is 11.2. The van der Waals surface area contributed by atoms with Crippen LogP contribution in [0.15, 0.2) is 37.6 Å². The van der Waals surface area contributed by atoms with Crippen LogP contribution in [-0.4, -0.2) is 59.5 Å². The highest BCUT2D eigenvalue weighted by Crippen LogP contribution is 2.46. The van der Waals surface area contributed by atoms with Crippen LogP contribution in [0, 0.1) is 6.92 Å². The molecule has 3 fully saturated rings. The number of para-hydroxylation sites is 1. The first kappa shape index (κ1) is 29.6. The zero-order valence-corrected chi connectivity index (χ0v) is 26.6. The van der Waals surface area contributed by atoms with Gasteiger partial charge >= 0.3 is 5.69 Å². The van der Waals surface area contributed by atoms with Gasteiger partial charge in [0.1, 0.15) is 16.7 Å². The number of fused-ring (bicyclic) bond motifs is 1. The minimum atomic E-state index is -0.791. The van der Waals surface area contributed by atoms with Gasteiger partial charge in [-0.05, 0) is 79.4 Å². The van der Waals surface area contributed by atoms with E-state index in [9.17, 15) is 14.4 Å². The molecule has 1 amide bonds. The molecule has 11 heteroatoms. The molecule has 2 aliphatic heterocycles. The molecule has 1 unspecified atom stereocenters.